The van der Waals surface area contributed by atoms with Gasteiger partial charge in [-0.25, -0.2) is 18.6 Å². The van der Waals surface area contributed by atoms with E-state index in [1.54, 1.807) is 32.7 Å². The highest BCUT2D eigenvalue weighted by Crippen LogP contribution is 2.40. The Morgan fingerprint density at radius 1 is 1.09 bits per heavy atom. The number of amides is 3. The number of anilines is 3. The number of aromatic nitrogens is 3. The predicted octanol–water partition coefficient (Wildman–Crippen LogP) is 5.23. The number of hydrogen-bond donors (Lipinski definition) is 3. The molecule has 3 aromatic rings. The Bertz CT molecular complexity index is 1660. The SMILES string of the molecule is Cn1ncc(NC(=O)c2nc(-c3c(F)cccc3F)sc2NC(=O)OC(C)(C)C)c1N1CC[C@@H](NC(=O)C(F)(F)F)C2(CCO2)CC1. The van der Waals surface area contributed by atoms with Crippen molar-refractivity contribution in [2.75, 3.05) is 35.2 Å². The maximum Gasteiger partial charge on any atom is 0.471 e. The molecule has 3 amide bonds. The Morgan fingerprint density at radius 3 is 2.36 bits per heavy atom. The molecule has 5 rings (SSSR count). The largest absolute Gasteiger partial charge is 0.471 e. The first-order valence-corrected chi connectivity index (χ1v) is 15.3. The molecule has 2 aliphatic heterocycles. The van der Waals surface area contributed by atoms with E-state index in [4.69, 9.17) is 9.47 Å². The van der Waals surface area contributed by atoms with Gasteiger partial charge in [0.05, 0.1) is 30.0 Å². The molecular weight excluding hydrogens is 653 g/mol. The molecule has 2 aliphatic rings. The molecule has 3 N–H and O–H groups in total. The zero-order valence-electron chi connectivity index (χ0n) is 25.8. The maximum absolute atomic E-state index is 14.7. The van der Waals surface area contributed by atoms with Crippen molar-refractivity contribution in [1.29, 1.82) is 0 Å². The minimum atomic E-state index is -5.05. The number of hydrogen-bond acceptors (Lipinski definition) is 9. The number of aryl methyl sites for hydroxylation is 1. The number of carbonyl (C=O) groups excluding carboxylic acids is 3. The number of nitrogens with zero attached hydrogens (tertiary/aromatic N) is 4. The van der Waals surface area contributed by atoms with Gasteiger partial charge in [-0.2, -0.15) is 18.3 Å². The van der Waals surface area contributed by atoms with Gasteiger partial charge in [-0.15, -0.1) is 0 Å². The normalized spacial score (nSPS) is 19.9. The molecule has 254 valence electrons. The highest BCUT2D eigenvalue weighted by Gasteiger charge is 2.50. The molecule has 1 unspecified atom stereocenters. The van der Waals surface area contributed by atoms with E-state index in [-0.39, 0.29) is 40.8 Å². The first-order chi connectivity index (χ1) is 22.0. The van der Waals surface area contributed by atoms with Crippen molar-refractivity contribution in [2.45, 2.75) is 63.5 Å². The summed E-state index contributed by atoms with van der Waals surface area (Å²) < 4.78 is 81.0. The summed E-state index contributed by atoms with van der Waals surface area (Å²) in [6.07, 6.45) is -3.79. The van der Waals surface area contributed by atoms with Gasteiger partial charge in [-0.1, -0.05) is 17.4 Å². The summed E-state index contributed by atoms with van der Waals surface area (Å²) in [5, 5.41) is 11.1. The average Bonchev–Trinajstić information content (AvgIpc) is 3.44. The third kappa shape index (κ3) is 7.32. The second kappa shape index (κ2) is 12.7. The third-order valence-corrected chi connectivity index (χ3v) is 8.68. The fourth-order valence-corrected chi connectivity index (χ4v) is 6.49. The number of nitrogens with one attached hydrogen (secondary N) is 3. The van der Waals surface area contributed by atoms with Crippen LogP contribution in [0.2, 0.25) is 0 Å². The number of thiazole rings is 1. The summed E-state index contributed by atoms with van der Waals surface area (Å²) in [5.74, 6) is -4.36. The fraction of sp³-hybridized carbons (Fsp3) is 0.483. The Balaban J connectivity index is 1.42. The van der Waals surface area contributed by atoms with Crippen molar-refractivity contribution >= 4 is 45.8 Å². The van der Waals surface area contributed by atoms with E-state index in [0.29, 0.717) is 36.7 Å². The number of rotatable bonds is 6. The summed E-state index contributed by atoms with van der Waals surface area (Å²) in [6.45, 7) is 5.70. The van der Waals surface area contributed by atoms with Gasteiger partial charge in [0, 0.05) is 26.6 Å². The Kier molecular flexibility index (Phi) is 9.20. The number of alkyl halides is 3. The van der Waals surface area contributed by atoms with Crippen LogP contribution in [0.5, 0.6) is 0 Å². The lowest BCUT2D eigenvalue weighted by Crippen LogP contribution is -2.61. The molecule has 0 radical (unpaired) electrons. The van der Waals surface area contributed by atoms with Gasteiger partial charge in [-0.05, 0) is 45.7 Å². The molecule has 0 aliphatic carbocycles. The minimum absolute atomic E-state index is 0.105. The van der Waals surface area contributed by atoms with Gasteiger partial charge in [-0.3, -0.25) is 19.6 Å². The van der Waals surface area contributed by atoms with Crippen LogP contribution in [0.1, 0.15) is 50.5 Å². The van der Waals surface area contributed by atoms with Crippen molar-refractivity contribution in [1.82, 2.24) is 20.1 Å². The zero-order valence-corrected chi connectivity index (χ0v) is 26.6. The summed E-state index contributed by atoms with van der Waals surface area (Å²) in [5.41, 5.74) is -2.53. The van der Waals surface area contributed by atoms with Gasteiger partial charge < -0.3 is 25.0 Å². The van der Waals surface area contributed by atoms with Crippen LogP contribution < -0.4 is 20.9 Å². The second-order valence-electron chi connectivity index (χ2n) is 12.1. The van der Waals surface area contributed by atoms with Crippen LogP contribution >= 0.6 is 11.3 Å². The van der Waals surface area contributed by atoms with Gasteiger partial charge in [0.25, 0.3) is 5.91 Å². The molecule has 1 aromatic carbocycles. The molecule has 2 aromatic heterocycles. The van der Waals surface area contributed by atoms with Crippen molar-refractivity contribution in [3.05, 3.63) is 41.7 Å². The van der Waals surface area contributed by atoms with Gasteiger partial charge >= 0.3 is 18.2 Å². The predicted molar refractivity (Wildman–Crippen MR) is 161 cm³/mol. The van der Waals surface area contributed by atoms with Gasteiger partial charge in [0.15, 0.2) is 11.5 Å². The van der Waals surface area contributed by atoms with Crippen LogP contribution in [0.25, 0.3) is 10.6 Å². The van der Waals surface area contributed by atoms with Crippen LogP contribution in [-0.4, -0.2) is 75.8 Å². The maximum atomic E-state index is 14.7. The number of benzene rings is 1. The minimum Gasteiger partial charge on any atom is -0.444 e. The molecule has 47 heavy (non-hydrogen) atoms. The Hall–Kier alpha value is -4.32. The van der Waals surface area contributed by atoms with Crippen LogP contribution in [0.3, 0.4) is 0 Å². The number of carbonyl (C=O) groups is 3. The summed E-state index contributed by atoms with van der Waals surface area (Å²) >= 11 is 0.666. The van der Waals surface area contributed by atoms with E-state index < -0.39 is 58.5 Å². The fourth-order valence-electron chi connectivity index (χ4n) is 5.49. The highest BCUT2D eigenvalue weighted by molar-refractivity contribution is 7.19. The molecule has 18 heteroatoms. The van der Waals surface area contributed by atoms with E-state index in [2.05, 4.69) is 26.0 Å². The van der Waals surface area contributed by atoms with E-state index >= 15 is 0 Å². The summed E-state index contributed by atoms with van der Waals surface area (Å²) in [4.78, 5) is 44.1. The average molecular weight is 686 g/mol. The molecule has 2 atom stereocenters. The van der Waals surface area contributed by atoms with E-state index in [1.165, 1.54) is 16.9 Å². The molecule has 0 saturated carbocycles. The van der Waals surface area contributed by atoms with Crippen LogP contribution in [0.15, 0.2) is 24.4 Å². The quantitative estimate of drug-likeness (QED) is 0.300. The molecule has 4 heterocycles. The smallest absolute Gasteiger partial charge is 0.444 e. The monoisotopic (exact) mass is 685 g/mol. The topological polar surface area (TPSA) is 140 Å². The lowest BCUT2D eigenvalue weighted by molar-refractivity contribution is -0.189. The van der Waals surface area contributed by atoms with Crippen LogP contribution in [0, 0.1) is 11.6 Å². The van der Waals surface area contributed by atoms with Crippen molar-refractivity contribution < 1.29 is 45.8 Å². The lowest BCUT2D eigenvalue weighted by atomic mass is 9.82. The molecule has 1 spiro atoms. The molecule has 2 saturated heterocycles. The number of ether oxygens (including phenoxy) is 2. The van der Waals surface area contributed by atoms with Gasteiger partial charge in [0.1, 0.15) is 32.9 Å². The van der Waals surface area contributed by atoms with Crippen molar-refractivity contribution in [3.63, 3.8) is 0 Å². The first kappa shape index (κ1) is 34.0. The van der Waals surface area contributed by atoms with E-state index in [0.717, 1.165) is 12.1 Å². The number of halogens is 5. The summed E-state index contributed by atoms with van der Waals surface area (Å²) in [6, 6.07) is 2.33. The summed E-state index contributed by atoms with van der Waals surface area (Å²) in [7, 11) is 1.60. The van der Waals surface area contributed by atoms with E-state index in [1.807, 2.05) is 0 Å². The third-order valence-electron chi connectivity index (χ3n) is 7.69. The molecular formula is C29H32F5N7O5S. The Morgan fingerprint density at radius 2 is 1.77 bits per heavy atom. The highest BCUT2D eigenvalue weighted by atomic mass is 32.1. The van der Waals surface area contributed by atoms with Crippen molar-refractivity contribution in [3.8, 4) is 10.6 Å². The first-order valence-electron chi connectivity index (χ1n) is 14.5. The van der Waals surface area contributed by atoms with Crippen LogP contribution in [0.4, 0.5) is 43.3 Å². The second-order valence-corrected chi connectivity index (χ2v) is 13.1. The molecule has 2 fully saturated rings. The molecule has 0 bridgehead atoms. The molecule has 12 nitrogen and oxygen atoms in total. The Labute approximate surface area is 269 Å². The van der Waals surface area contributed by atoms with Crippen LogP contribution in [-0.2, 0) is 21.3 Å². The zero-order chi connectivity index (χ0) is 34.3. The van der Waals surface area contributed by atoms with E-state index in [9.17, 15) is 36.3 Å². The standard InChI is InChI=1S/C29H32F5N7O5S/c1-27(2,3)46-26(44)39-23-20(38-22(47-23)19-15(30)6-5-7-16(19)31)21(42)36-17-14-35-40(4)24(17)41-11-8-18(37-25(43)29(32,33)34)28(9-12-41)10-13-45-28/h5-7,14,18H,8-13H2,1-4H3,(H,36,42)(H,37,43)(H,39,44)/t18-,28?/m1/s1. The lowest BCUT2D eigenvalue weighted by Gasteiger charge is -2.46. The van der Waals surface area contributed by atoms with Gasteiger partial charge in [0.2, 0.25) is 0 Å². The van der Waals surface area contributed by atoms with Crippen molar-refractivity contribution in [2.24, 2.45) is 7.05 Å².